The predicted octanol–water partition coefficient (Wildman–Crippen LogP) is 2.10. The predicted molar refractivity (Wildman–Crippen MR) is 85.0 cm³/mol. The van der Waals surface area contributed by atoms with E-state index in [0.717, 1.165) is 24.5 Å². The largest absolute Gasteiger partial charge is 0.310 e. The van der Waals surface area contributed by atoms with Crippen molar-refractivity contribution < 1.29 is 0 Å². The van der Waals surface area contributed by atoms with Gasteiger partial charge in [0.15, 0.2) is 0 Å². The number of nitrogens with zero attached hydrogens (tertiary/aromatic N) is 2. The van der Waals surface area contributed by atoms with Crippen LogP contribution in [0.25, 0.3) is 0 Å². The molecule has 114 valence electrons. The van der Waals surface area contributed by atoms with Gasteiger partial charge in [0.05, 0.1) is 0 Å². The smallest absolute Gasteiger partial charge is 0.0226 e. The molecular formula is C17H31N3. The second kappa shape index (κ2) is 6.59. The number of likely N-dealkylation sites (tertiary alicyclic amines) is 1. The van der Waals surface area contributed by atoms with Crippen molar-refractivity contribution in [3.8, 4) is 0 Å². The first-order chi connectivity index (χ1) is 9.70. The normalized spacial score (nSPS) is 35.2. The molecule has 0 aliphatic carbocycles. The minimum Gasteiger partial charge on any atom is -0.310 e. The highest BCUT2D eigenvalue weighted by atomic mass is 15.2. The van der Waals surface area contributed by atoms with Gasteiger partial charge in [0.25, 0.3) is 0 Å². The minimum absolute atomic E-state index is 0.767. The van der Waals surface area contributed by atoms with Crippen LogP contribution in [0.15, 0.2) is 11.6 Å². The summed E-state index contributed by atoms with van der Waals surface area (Å²) in [6.45, 7) is 12.1. The molecule has 4 fully saturated rings. The fourth-order valence-corrected chi connectivity index (χ4v) is 4.05. The molecule has 3 heteroatoms. The van der Waals surface area contributed by atoms with Crippen molar-refractivity contribution in [3.05, 3.63) is 11.6 Å². The summed E-state index contributed by atoms with van der Waals surface area (Å²) in [5, 5.41) is 3.99. The molecule has 4 rings (SSSR count). The lowest BCUT2D eigenvalue weighted by atomic mass is 9.83. The summed E-state index contributed by atoms with van der Waals surface area (Å²) < 4.78 is 0. The summed E-state index contributed by atoms with van der Waals surface area (Å²) in [6, 6.07) is 1.55. The van der Waals surface area contributed by atoms with Crippen LogP contribution in [-0.4, -0.2) is 61.2 Å². The molecule has 2 bridgehead atoms. The number of nitrogens with one attached hydrogen (secondary N) is 1. The molecule has 0 saturated carbocycles. The molecule has 4 saturated heterocycles. The molecule has 4 heterocycles. The van der Waals surface area contributed by atoms with Gasteiger partial charge in [-0.15, -0.1) is 0 Å². The number of allylic oxidation sites excluding steroid dienone is 1. The first-order valence-corrected chi connectivity index (χ1v) is 8.55. The Hall–Kier alpha value is -0.380. The summed E-state index contributed by atoms with van der Waals surface area (Å²) in [4.78, 5) is 5.25. The lowest BCUT2D eigenvalue weighted by molar-refractivity contribution is 0.0608. The van der Waals surface area contributed by atoms with Crippen molar-refractivity contribution in [1.82, 2.24) is 15.1 Å². The first-order valence-electron chi connectivity index (χ1n) is 8.55. The van der Waals surface area contributed by atoms with E-state index in [-0.39, 0.29) is 0 Å². The Morgan fingerprint density at radius 3 is 2.30 bits per heavy atom. The topological polar surface area (TPSA) is 18.5 Å². The van der Waals surface area contributed by atoms with Gasteiger partial charge in [0.2, 0.25) is 0 Å². The van der Waals surface area contributed by atoms with E-state index in [1.54, 1.807) is 0 Å². The van der Waals surface area contributed by atoms with Gasteiger partial charge in [0, 0.05) is 25.2 Å². The number of hydrogen-bond acceptors (Lipinski definition) is 3. The summed E-state index contributed by atoms with van der Waals surface area (Å²) in [5.74, 6) is 0.962. The highest BCUT2D eigenvalue weighted by molar-refractivity contribution is 4.97. The van der Waals surface area contributed by atoms with Gasteiger partial charge in [0.1, 0.15) is 0 Å². The van der Waals surface area contributed by atoms with Crippen molar-refractivity contribution in [1.29, 1.82) is 0 Å². The average Bonchev–Trinajstić information content (AvgIpc) is 2.48. The number of piperidine rings is 4. The van der Waals surface area contributed by atoms with E-state index in [1.807, 2.05) is 0 Å². The van der Waals surface area contributed by atoms with Gasteiger partial charge >= 0.3 is 0 Å². The Balaban J connectivity index is 1.41. The van der Waals surface area contributed by atoms with E-state index in [9.17, 15) is 0 Å². The minimum atomic E-state index is 0.767. The lowest BCUT2D eigenvalue weighted by Crippen LogP contribution is -2.59. The summed E-state index contributed by atoms with van der Waals surface area (Å²) in [5.41, 5.74) is 1.44. The number of rotatable bonds is 4. The van der Waals surface area contributed by atoms with Crippen LogP contribution in [0, 0.1) is 5.92 Å². The van der Waals surface area contributed by atoms with Crippen LogP contribution in [-0.2, 0) is 0 Å². The van der Waals surface area contributed by atoms with Crippen LogP contribution < -0.4 is 5.32 Å². The fourth-order valence-electron chi connectivity index (χ4n) is 4.05. The van der Waals surface area contributed by atoms with Crippen molar-refractivity contribution in [2.45, 2.75) is 51.6 Å². The lowest BCUT2D eigenvalue weighted by Gasteiger charge is -2.47. The van der Waals surface area contributed by atoms with Gasteiger partial charge in [-0.2, -0.15) is 0 Å². The van der Waals surface area contributed by atoms with Crippen molar-refractivity contribution in [2.24, 2.45) is 5.92 Å². The summed E-state index contributed by atoms with van der Waals surface area (Å²) in [7, 11) is 0. The van der Waals surface area contributed by atoms with E-state index in [4.69, 9.17) is 0 Å². The third-order valence-electron chi connectivity index (χ3n) is 5.45. The van der Waals surface area contributed by atoms with Crippen LogP contribution >= 0.6 is 0 Å². The maximum atomic E-state index is 3.99. The molecule has 0 aromatic carbocycles. The van der Waals surface area contributed by atoms with Gasteiger partial charge in [-0.3, -0.25) is 4.90 Å². The zero-order chi connectivity index (χ0) is 13.9. The van der Waals surface area contributed by atoms with E-state index in [2.05, 4.69) is 35.0 Å². The van der Waals surface area contributed by atoms with E-state index in [0.29, 0.717) is 0 Å². The molecule has 0 aromatic rings. The average molecular weight is 277 g/mol. The van der Waals surface area contributed by atoms with Gasteiger partial charge in [-0.25, -0.2) is 0 Å². The Morgan fingerprint density at radius 2 is 1.75 bits per heavy atom. The van der Waals surface area contributed by atoms with Crippen LogP contribution in [0.1, 0.15) is 39.5 Å². The Labute approximate surface area is 124 Å². The van der Waals surface area contributed by atoms with Gasteiger partial charge in [-0.05, 0) is 71.6 Å². The third-order valence-corrected chi connectivity index (χ3v) is 5.45. The van der Waals surface area contributed by atoms with Gasteiger partial charge in [-0.1, -0.05) is 11.6 Å². The standard InChI is InChI=1S/C17H31N3/c1-14(2)3-8-19-11-6-16(7-12-19)18-17-13-20-9-4-15(17)5-10-20/h3,15-18H,4-13H2,1-2H3. The molecule has 4 aliphatic heterocycles. The summed E-state index contributed by atoms with van der Waals surface area (Å²) in [6.07, 6.45) is 7.88. The molecule has 1 atom stereocenters. The maximum Gasteiger partial charge on any atom is 0.0226 e. The Bertz CT molecular complexity index is 332. The zero-order valence-corrected chi connectivity index (χ0v) is 13.3. The van der Waals surface area contributed by atoms with E-state index in [1.165, 1.54) is 64.0 Å². The molecule has 1 N–H and O–H groups in total. The fraction of sp³-hybridized carbons (Fsp3) is 0.882. The molecule has 1 unspecified atom stereocenters. The number of hydrogen-bond donors (Lipinski definition) is 1. The van der Waals surface area contributed by atoms with E-state index >= 15 is 0 Å². The Morgan fingerprint density at radius 1 is 1.05 bits per heavy atom. The molecule has 3 nitrogen and oxygen atoms in total. The van der Waals surface area contributed by atoms with E-state index < -0.39 is 0 Å². The molecule has 20 heavy (non-hydrogen) atoms. The zero-order valence-electron chi connectivity index (χ0n) is 13.3. The maximum absolute atomic E-state index is 3.99. The molecule has 0 amide bonds. The quantitative estimate of drug-likeness (QED) is 0.794. The molecule has 0 radical (unpaired) electrons. The van der Waals surface area contributed by atoms with Gasteiger partial charge < -0.3 is 10.2 Å². The molecule has 0 aromatic heterocycles. The second-order valence-electron chi connectivity index (χ2n) is 7.27. The highest BCUT2D eigenvalue weighted by Gasteiger charge is 2.35. The molecule has 4 aliphatic rings. The highest BCUT2D eigenvalue weighted by Crippen LogP contribution is 2.28. The monoisotopic (exact) mass is 277 g/mol. The SMILES string of the molecule is CC(C)=CCN1CCC(NC2CN3CCC2CC3)CC1. The molecule has 0 spiro atoms. The third kappa shape index (κ3) is 3.63. The van der Waals surface area contributed by atoms with Crippen LogP contribution in [0.4, 0.5) is 0 Å². The van der Waals surface area contributed by atoms with Crippen molar-refractivity contribution in [3.63, 3.8) is 0 Å². The van der Waals surface area contributed by atoms with Crippen molar-refractivity contribution >= 4 is 0 Å². The second-order valence-corrected chi connectivity index (χ2v) is 7.27. The molecular weight excluding hydrogens is 246 g/mol. The first kappa shape index (κ1) is 14.6. The number of fused-ring (bicyclic) bond motifs is 3. The van der Waals surface area contributed by atoms with Crippen LogP contribution in [0.3, 0.4) is 0 Å². The van der Waals surface area contributed by atoms with Crippen LogP contribution in [0.2, 0.25) is 0 Å². The van der Waals surface area contributed by atoms with Crippen LogP contribution in [0.5, 0.6) is 0 Å². The van der Waals surface area contributed by atoms with Crippen molar-refractivity contribution in [2.75, 3.05) is 39.3 Å². The Kier molecular flexibility index (Phi) is 4.79. The summed E-state index contributed by atoms with van der Waals surface area (Å²) >= 11 is 0.